The van der Waals surface area contributed by atoms with Crippen LogP contribution in [0.1, 0.15) is 37.3 Å². The molecular formula is C13H18FNOS. The molecule has 0 aliphatic heterocycles. The third-order valence-electron chi connectivity index (χ3n) is 2.48. The quantitative estimate of drug-likeness (QED) is 0.600. The number of halogens is 1. The highest BCUT2D eigenvalue weighted by molar-refractivity contribution is 7.80. The van der Waals surface area contributed by atoms with Crippen LogP contribution in [0.3, 0.4) is 0 Å². The van der Waals surface area contributed by atoms with E-state index < -0.39 is 0 Å². The van der Waals surface area contributed by atoms with Crippen LogP contribution in [0.2, 0.25) is 0 Å². The molecule has 1 aromatic rings. The molecular weight excluding hydrogens is 237 g/mol. The van der Waals surface area contributed by atoms with E-state index in [0.717, 1.165) is 19.3 Å². The van der Waals surface area contributed by atoms with Crippen molar-refractivity contribution in [3.05, 3.63) is 35.1 Å². The van der Waals surface area contributed by atoms with E-state index in [4.69, 9.17) is 22.7 Å². The third-order valence-corrected chi connectivity index (χ3v) is 2.70. The van der Waals surface area contributed by atoms with Gasteiger partial charge in [-0.1, -0.05) is 32.0 Å². The summed E-state index contributed by atoms with van der Waals surface area (Å²) >= 11 is 4.91. The fourth-order valence-electron chi connectivity index (χ4n) is 1.56. The summed E-state index contributed by atoms with van der Waals surface area (Å²) in [6.07, 6.45) is 3.32. The van der Waals surface area contributed by atoms with E-state index in [1.54, 1.807) is 6.07 Å². The summed E-state index contributed by atoms with van der Waals surface area (Å²) in [5.41, 5.74) is 6.98. The van der Waals surface area contributed by atoms with E-state index in [9.17, 15) is 4.39 Å². The summed E-state index contributed by atoms with van der Waals surface area (Å²) < 4.78 is 18.6. The van der Waals surface area contributed by atoms with Gasteiger partial charge in [0.15, 0.2) is 0 Å². The molecule has 0 spiro atoms. The average molecular weight is 255 g/mol. The Hall–Kier alpha value is -1.00. The van der Waals surface area contributed by atoms with Crippen LogP contribution in [-0.4, -0.2) is 11.6 Å². The Bertz CT molecular complexity index is 382. The van der Waals surface area contributed by atoms with Crippen molar-refractivity contribution in [2.75, 3.05) is 6.61 Å². The monoisotopic (exact) mass is 255 g/mol. The molecule has 2 N–H and O–H groups in total. The molecule has 0 fully saturated rings. The van der Waals surface area contributed by atoms with Crippen LogP contribution in [0.25, 0.3) is 0 Å². The number of benzene rings is 1. The number of hydrogen-bond donors (Lipinski definition) is 1. The number of rotatable bonds is 7. The molecule has 0 heterocycles. The van der Waals surface area contributed by atoms with Crippen molar-refractivity contribution in [2.45, 2.75) is 32.8 Å². The molecule has 0 aliphatic carbocycles. The molecule has 0 saturated carbocycles. The second-order valence-electron chi connectivity index (χ2n) is 3.93. The summed E-state index contributed by atoms with van der Waals surface area (Å²) in [6, 6.07) is 4.38. The predicted octanol–water partition coefficient (Wildman–Crippen LogP) is 3.17. The number of unbranched alkanes of at least 4 members (excludes halogenated alkanes) is 2. The van der Waals surface area contributed by atoms with E-state index in [1.165, 1.54) is 12.1 Å². The Labute approximate surface area is 107 Å². The maximum atomic E-state index is 13.1. The van der Waals surface area contributed by atoms with Gasteiger partial charge in [-0.2, -0.15) is 0 Å². The highest BCUT2D eigenvalue weighted by Crippen LogP contribution is 2.13. The van der Waals surface area contributed by atoms with Crippen LogP contribution >= 0.6 is 12.2 Å². The fourth-order valence-corrected chi connectivity index (χ4v) is 1.76. The van der Waals surface area contributed by atoms with Crippen molar-refractivity contribution in [1.82, 2.24) is 0 Å². The van der Waals surface area contributed by atoms with Crippen LogP contribution in [0.5, 0.6) is 0 Å². The molecule has 1 rings (SSSR count). The molecule has 0 bridgehead atoms. The number of hydrogen-bond acceptors (Lipinski definition) is 2. The van der Waals surface area contributed by atoms with Gasteiger partial charge in [0.2, 0.25) is 0 Å². The minimum Gasteiger partial charge on any atom is -0.389 e. The van der Waals surface area contributed by atoms with E-state index in [-0.39, 0.29) is 10.8 Å². The first-order valence-corrected chi connectivity index (χ1v) is 6.22. The lowest BCUT2D eigenvalue weighted by Crippen LogP contribution is -2.13. The number of thiocarbonyl (C=S) groups is 1. The molecule has 94 valence electrons. The summed E-state index contributed by atoms with van der Waals surface area (Å²) in [7, 11) is 0. The predicted molar refractivity (Wildman–Crippen MR) is 71.5 cm³/mol. The molecule has 2 nitrogen and oxygen atoms in total. The van der Waals surface area contributed by atoms with Gasteiger partial charge < -0.3 is 10.5 Å². The van der Waals surface area contributed by atoms with E-state index in [2.05, 4.69) is 6.92 Å². The molecule has 0 aliphatic rings. The van der Waals surface area contributed by atoms with Crippen LogP contribution in [0.15, 0.2) is 18.2 Å². The molecule has 1 aromatic carbocycles. The fraction of sp³-hybridized carbons (Fsp3) is 0.462. The van der Waals surface area contributed by atoms with Gasteiger partial charge in [-0.05, 0) is 30.2 Å². The average Bonchev–Trinajstić information content (AvgIpc) is 2.28. The minimum atomic E-state index is -0.294. The van der Waals surface area contributed by atoms with Crippen LogP contribution in [-0.2, 0) is 11.3 Å². The van der Waals surface area contributed by atoms with E-state index in [1.807, 2.05) is 0 Å². The van der Waals surface area contributed by atoms with E-state index in [0.29, 0.717) is 24.3 Å². The molecule has 17 heavy (non-hydrogen) atoms. The van der Waals surface area contributed by atoms with Gasteiger partial charge in [0, 0.05) is 12.2 Å². The minimum absolute atomic E-state index is 0.275. The number of ether oxygens (including phenoxy) is 1. The Morgan fingerprint density at radius 2 is 2.18 bits per heavy atom. The highest BCUT2D eigenvalue weighted by atomic mass is 32.1. The van der Waals surface area contributed by atoms with Crippen LogP contribution in [0.4, 0.5) is 4.39 Å². The molecule has 0 amide bonds. The zero-order chi connectivity index (χ0) is 12.7. The highest BCUT2D eigenvalue weighted by Gasteiger charge is 2.06. The third kappa shape index (κ3) is 4.79. The van der Waals surface area contributed by atoms with Gasteiger partial charge >= 0.3 is 0 Å². The summed E-state index contributed by atoms with van der Waals surface area (Å²) in [5, 5.41) is 0. The van der Waals surface area contributed by atoms with E-state index >= 15 is 0 Å². The zero-order valence-corrected chi connectivity index (χ0v) is 10.9. The maximum absolute atomic E-state index is 13.1. The van der Waals surface area contributed by atoms with Gasteiger partial charge in [-0.3, -0.25) is 0 Å². The van der Waals surface area contributed by atoms with Gasteiger partial charge in [0.25, 0.3) is 0 Å². The van der Waals surface area contributed by atoms with Crippen molar-refractivity contribution >= 4 is 17.2 Å². The van der Waals surface area contributed by atoms with Gasteiger partial charge in [-0.25, -0.2) is 4.39 Å². The molecule has 0 saturated heterocycles. The van der Waals surface area contributed by atoms with Gasteiger partial charge in [0.05, 0.1) is 6.61 Å². The summed E-state index contributed by atoms with van der Waals surface area (Å²) in [4.78, 5) is 0.275. The first kappa shape index (κ1) is 14.1. The van der Waals surface area contributed by atoms with Crippen molar-refractivity contribution in [1.29, 1.82) is 0 Å². The maximum Gasteiger partial charge on any atom is 0.123 e. The topological polar surface area (TPSA) is 35.2 Å². The van der Waals surface area contributed by atoms with Crippen molar-refractivity contribution < 1.29 is 9.13 Å². The standard InChI is InChI=1S/C13H18FNOS/c1-2-3-4-7-16-9-10-8-11(14)5-6-12(10)13(15)17/h5-6,8H,2-4,7,9H2,1H3,(H2,15,17). The van der Waals surface area contributed by atoms with Crippen molar-refractivity contribution in [3.63, 3.8) is 0 Å². The summed E-state index contributed by atoms with van der Waals surface area (Å²) in [6.45, 7) is 3.17. The molecule has 0 unspecified atom stereocenters. The first-order valence-electron chi connectivity index (χ1n) is 5.81. The second kappa shape index (κ2) is 7.35. The molecule has 0 radical (unpaired) electrons. The SMILES string of the molecule is CCCCCOCc1cc(F)ccc1C(N)=S. The lowest BCUT2D eigenvalue weighted by Gasteiger charge is -2.09. The van der Waals surface area contributed by atoms with Gasteiger partial charge in [-0.15, -0.1) is 0 Å². The van der Waals surface area contributed by atoms with Crippen LogP contribution in [0, 0.1) is 5.82 Å². The van der Waals surface area contributed by atoms with Crippen LogP contribution < -0.4 is 5.73 Å². The Morgan fingerprint density at radius 3 is 2.82 bits per heavy atom. The Morgan fingerprint density at radius 1 is 1.41 bits per heavy atom. The Balaban J connectivity index is 2.56. The molecule has 0 atom stereocenters. The van der Waals surface area contributed by atoms with Crippen molar-refractivity contribution in [3.8, 4) is 0 Å². The lowest BCUT2D eigenvalue weighted by molar-refractivity contribution is 0.117. The summed E-state index contributed by atoms with van der Waals surface area (Å²) in [5.74, 6) is -0.294. The Kier molecular flexibility index (Phi) is 6.08. The number of nitrogens with two attached hydrogens (primary N) is 1. The lowest BCUT2D eigenvalue weighted by atomic mass is 10.1. The van der Waals surface area contributed by atoms with Gasteiger partial charge in [0.1, 0.15) is 10.8 Å². The molecule has 0 aromatic heterocycles. The normalized spacial score (nSPS) is 10.5. The smallest absolute Gasteiger partial charge is 0.123 e. The van der Waals surface area contributed by atoms with Crippen molar-refractivity contribution in [2.24, 2.45) is 5.73 Å². The largest absolute Gasteiger partial charge is 0.389 e. The zero-order valence-electron chi connectivity index (χ0n) is 10.0. The first-order chi connectivity index (χ1) is 8.15. The molecule has 4 heteroatoms. The second-order valence-corrected chi connectivity index (χ2v) is 4.37.